The fourth-order valence-electron chi connectivity index (χ4n) is 5.67. The summed E-state index contributed by atoms with van der Waals surface area (Å²) in [5.41, 5.74) is 2.43. The molecule has 0 atom stereocenters. The van der Waals surface area contributed by atoms with Crippen molar-refractivity contribution in [3.8, 4) is 0 Å². The van der Waals surface area contributed by atoms with Crippen LogP contribution in [0.3, 0.4) is 0 Å². The maximum atomic E-state index is 13.5. The molecule has 0 saturated carbocycles. The van der Waals surface area contributed by atoms with Gasteiger partial charge in [-0.1, -0.05) is 39.8 Å². The van der Waals surface area contributed by atoms with Gasteiger partial charge in [0, 0.05) is 47.7 Å². The van der Waals surface area contributed by atoms with Crippen molar-refractivity contribution in [2.24, 2.45) is 16.0 Å². The summed E-state index contributed by atoms with van der Waals surface area (Å²) >= 11 is 0. The molecule has 2 heterocycles. The Morgan fingerprint density at radius 3 is 1.40 bits per heavy atom. The van der Waals surface area contributed by atoms with Gasteiger partial charge in [0.25, 0.3) is 0 Å². The van der Waals surface area contributed by atoms with Crippen LogP contribution < -0.4 is 5.48 Å². The number of fused-ring (bicyclic) bond motifs is 2. The molecule has 0 aromatic heterocycles. The number of hydrogen-bond acceptors (Lipinski definition) is 8. The van der Waals surface area contributed by atoms with E-state index >= 15 is 0 Å². The highest BCUT2D eigenvalue weighted by Gasteiger charge is 2.35. The van der Waals surface area contributed by atoms with Gasteiger partial charge in [0.15, 0.2) is 0 Å². The lowest BCUT2D eigenvalue weighted by atomic mass is 9.83. The van der Waals surface area contributed by atoms with Crippen molar-refractivity contribution in [3.05, 3.63) is 41.3 Å². The summed E-state index contributed by atoms with van der Waals surface area (Å²) in [6.45, 7) is 10.0. The molecule has 216 valence electrons. The smallest absolute Gasteiger partial charge is 0.243 e. The van der Waals surface area contributed by atoms with Gasteiger partial charge in [-0.2, -0.15) is 8.61 Å². The molecule has 3 aromatic carbocycles. The van der Waals surface area contributed by atoms with E-state index in [2.05, 4.69) is 38.4 Å². The first-order valence-electron chi connectivity index (χ1n) is 13.5. The third kappa shape index (κ3) is 5.00. The predicted molar refractivity (Wildman–Crippen MR) is 156 cm³/mol. The van der Waals surface area contributed by atoms with E-state index in [1.54, 1.807) is 0 Å². The van der Waals surface area contributed by atoms with E-state index in [9.17, 15) is 26.9 Å². The Balaban J connectivity index is 1.64. The second kappa shape index (κ2) is 10.0. The Hall–Kier alpha value is -2.64. The minimum atomic E-state index is -3.85. The number of nitrogens with one attached hydrogen (secondary N) is 1. The average molecular weight is 589 g/mol. The fraction of sp³-hybridized carbons (Fsp3) is 0.500. The summed E-state index contributed by atoms with van der Waals surface area (Å²) in [7, 11) is -7.71. The Kier molecular flexibility index (Phi) is 7.23. The lowest BCUT2D eigenvalue weighted by Gasteiger charge is -2.36. The number of anilines is 1. The monoisotopic (exact) mass is 588 g/mol. The Labute approximate surface area is 235 Å². The van der Waals surface area contributed by atoms with Crippen LogP contribution in [0.1, 0.15) is 53.4 Å². The molecule has 12 heteroatoms. The number of benzene rings is 3. The SMILES string of the molecule is CC1(C)CCN(S(=O)(=O)c2ccc3c(NO)c4ccc(S(=O)(=O)N5CCC(C)(C)CC5)cc4c(N=O)c3c2)CC1. The number of sulfonamides is 2. The van der Waals surface area contributed by atoms with E-state index in [0.29, 0.717) is 37.0 Å². The summed E-state index contributed by atoms with van der Waals surface area (Å²) in [6.07, 6.45) is 2.93. The molecule has 2 aliphatic heterocycles. The topological polar surface area (TPSA) is 136 Å². The fourth-order valence-corrected chi connectivity index (χ4v) is 8.60. The largest absolute Gasteiger partial charge is 0.291 e. The molecule has 0 radical (unpaired) electrons. The van der Waals surface area contributed by atoms with Crippen molar-refractivity contribution < 1.29 is 22.0 Å². The van der Waals surface area contributed by atoms with Gasteiger partial charge >= 0.3 is 0 Å². The van der Waals surface area contributed by atoms with Crippen molar-refractivity contribution in [2.45, 2.75) is 63.2 Å². The Morgan fingerprint density at radius 1 is 0.700 bits per heavy atom. The Morgan fingerprint density at radius 2 is 1.07 bits per heavy atom. The number of nitroso groups, excluding NO2 is 1. The van der Waals surface area contributed by atoms with Crippen LogP contribution in [0, 0.1) is 15.7 Å². The van der Waals surface area contributed by atoms with Crippen molar-refractivity contribution in [1.82, 2.24) is 8.61 Å². The first-order valence-corrected chi connectivity index (χ1v) is 16.4. The molecular formula is C28H36N4O6S2. The zero-order valence-electron chi connectivity index (χ0n) is 23.3. The van der Waals surface area contributed by atoms with Gasteiger partial charge in [-0.15, -0.1) is 4.91 Å². The number of rotatable bonds is 6. The maximum absolute atomic E-state index is 13.5. The highest BCUT2D eigenvalue weighted by molar-refractivity contribution is 7.89. The minimum Gasteiger partial charge on any atom is -0.291 e. The average Bonchev–Trinajstić information content (AvgIpc) is 2.90. The zero-order chi connectivity index (χ0) is 29.1. The summed E-state index contributed by atoms with van der Waals surface area (Å²) in [5, 5.41) is 14.5. The van der Waals surface area contributed by atoms with Gasteiger partial charge in [-0.3, -0.25) is 10.7 Å². The van der Waals surface area contributed by atoms with Crippen LogP contribution in [0.2, 0.25) is 0 Å². The molecule has 0 spiro atoms. The van der Waals surface area contributed by atoms with Crippen molar-refractivity contribution in [1.29, 1.82) is 0 Å². The molecule has 5 rings (SSSR count). The predicted octanol–water partition coefficient (Wildman–Crippen LogP) is 5.81. The van der Waals surface area contributed by atoms with Crippen molar-refractivity contribution in [2.75, 3.05) is 31.7 Å². The molecule has 0 bridgehead atoms. The molecule has 40 heavy (non-hydrogen) atoms. The summed E-state index contributed by atoms with van der Waals surface area (Å²) < 4.78 is 57.0. The first-order chi connectivity index (χ1) is 18.7. The van der Waals surface area contributed by atoms with Crippen LogP contribution in [0.4, 0.5) is 11.4 Å². The van der Waals surface area contributed by atoms with E-state index in [-0.39, 0.29) is 42.8 Å². The standard InChI is InChI=1S/C28H36N4O6S2/c1-27(2)9-13-31(14-10-27)39(35,36)19-5-7-21-23(17-19)26(30-34)24-18-20(6-8-22(24)25(21)29-33)40(37,38)32-15-11-28(3,4)12-16-32/h5-8,17-18,29,33H,9-16H2,1-4H3. The normalized spacial score (nSPS) is 20.5. The van der Waals surface area contributed by atoms with E-state index in [1.165, 1.54) is 45.0 Å². The van der Waals surface area contributed by atoms with Crippen LogP contribution in [-0.4, -0.2) is 56.8 Å². The molecule has 0 amide bonds. The molecule has 2 N–H and O–H groups in total. The molecule has 0 aliphatic carbocycles. The molecule has 10 nitrogen and oxygen atoms in total. The second-order valence-corrected chi connectivity index (χ2v) is 16.4. The quantitative estimate of drug-likeness (QED) is 0.211. The molecular weight excluding hydrogens is 552 g/mol. The second-order valence-electron chi connectivity index (χ2n) is 12.5. The highest BCUT2D eigenvalue weighted by atomic mass is 32.2. The van der Waals surface area contributed by atoms with Gasteiger partial charge in [-0.25, -0.2) is 16.8 Å². The summed E-state index contributed by atoms with van der Waals surface area (Å²) in [4.78, 5) is 12.3. The van der Waals surface area contributed by atoms with Gasteiger partial charge in [-0.05, 0) is 66.0 Å². The first kappa shape index (κ1) is 28.9. The molecule has 2 aliphatic rings. The van der Waals surface area contributed by atoms with Crippen LogP contribution in [0.15, 0.2) is 51.4 Å². The van der Waals surface area contributed by atoms with Crippen LogP contribution >= 0.6 is 0 Å². The van der Waals surface area contributed by atoms with E-state index in [1.807, 2.05) is 0 Å². The van der Waals surface area contributed by atoms with Gasteiger partial charge in [0.05, 0.1) is 15.5 Å². The van der Waals surface area contributed by atoms with E-state index < -0.39 is 20.0 Å². The minimum absolute atomic E-state index is 0.00699. The molecule has 3 aromatic rings. The van der Waals surface area contributed by atoms with Crippen molar-refractivity contribution >= 4 is 53.0 Å². The highest BCUT2D eigenvalue weighted by Crippen LogP contribution is 2.44. The molecule has 0 unspecified atom stereocenters. The maximum Gasteiger partial charge on any atom is 0.243 e. The summed E-state index contributed by atoms with van der Waals surface area (Å²) in [5.74, 6) is 0. The molecule has 2 fully saturated rings. The van der Waals surface area contributed by atoms with Crippen LogP contribution in [-0.2, 0) is 20.0 Å². The third-order valence-corrected chi connectivity index (χ3v) is 12.5. The van der Waals surface area contributed by atoms with Crippen LogP contribution in [0.5, 0.6) is 0 Å². The number of nitrogens with zero attached hydrogens (tertiary/aromatic N) is 3. The lowest BCUT2D eigenvalue weighted by molar-refractivity contribution is 0.195. The van der Waals surface area contributed by atoms with Crippen LogP contribution in [0.25, 0.3) is 21.5 Å². The number of hydrogen-bond donors (Lipinski definition) is 2. The third-order valence-electron chi connectivity index (χ3n) is 8.66. The van der Waals surface area contributed by atoms with E-state index in [0.717, 1.165) is 25.7 Å². The molecule has 2 saturated heterocycles. The van der Waals surface area contributed by atoms with Gasteiger partial charge < -0.3 is 0 Å². The Bertz CT molecular complexity index is 1580. The number of piperidine rings is 2. The van der Waals surface area contributed by atoms with E-state index in [4.69, 9.17) is 0 Å². The summed E-state index contributed by atoms with van der Waals surface area (Å²) in [6, 6.07) is 8.74. The zero-order valence-corrected chi connectivity index (χ0v) is 24.9. The lowest BCUT2D eigenvalue weighted by Crippen LogP contribution is -2.41. The van der Waals surface area contributed by atoms with Crippen molar-refractivity contribution in [3.63, 3.8) is 0 Å². The van der Waals surface area contributed by atoms with Gasteiger partial charge in [0.1, 0.15) is 5.69 Å². The van der Waals surface area contributed by atoms with Gasteiger partial charge in [0.2, 0.25) is 20.0 Å².